The normalized spacial score (nSPS) is 16.8. The molecule has 6 nitrogen and oxygen atoms in total. The van der Waals surface area contributed by atoms with Crippen molar-refractivity contribution in [1.82, 2.24) is 4.90 Å². The maximum Gasteiger partial charge on any atom is 0.266 e. The molecule has 0 aromatic heterocycles. The Labute approximate surface area is 175 Å². The van der Waals surface area contributed by atoms with E-state index in [-0.39, 0.29) is 12.5 Å². The number of rotatable bonds is 6. The molecule has 0 saturated carbocycles. The average molecular weight is 460 g/mol. The maximum absolute atomic E-state index is 12.7. The average Bonchev–Trinajstić information content (AvgIpc) is 2.97. The minimum Gasteiger partial charge on any atom is -0.484 e. The van der Waals surface area contributed by atoms with E-state index in [0.717, 1.165) is 15.7 Å². The van der Waals surface area contributed by atoms with Gasteiger partial charge in [-0.2, -0.15) is 0 Å². The Morgan fingerprint density at radius 1 is 1.21 bits per heavy atom. The first-order valence-corrected chi connectivity index (χ1v) is 10.1. The Kier molecular flexibility index (Phi) is 6.53. The van der Waals surface area contributed by atoms with Gasteiger partial charge in [0.05, 0.1) is 10.6 Å². The highest BCUT2D eigenvalue weighted by atomic mass is 79.9. The standard InChI is InChI=1S/C20H18BrN3O3S/c1-2-24-19(26)17(28-20(24)23-15-7-5-14(21)6-8-15)11-13-3-9-16(10-4-13)27-12-18(22)25/h3-11H,2,12H2,1H3,(H2,22,25)/b17-11-,23-20?. The number of halogens is 1. The summed E-state index contributed by atoms with van der Waals surface area (Å²) in [6.07, 6.45) is 1.82. The van der Waals surface area contributed by atoms with Crippen LogP contribution in [0.1, 0.15) is 12.5 Å². The van der Waals surface area contributed by atoms with Gasteiger partial charge in [-0.1, -0.05) is 28.1 Å². The maximum atomic E-state index is 12.7. The van der Waals surface area contributed by atoms with Crippen LogP contribution in [0.2, 0.25) is 0 Å². The Balaban J connectivity index is 1.79. The third kappa shape index (κ3) is 5.02. The molecule has 28 heavy (non-hydrogen) atoms. The molecule has 2 aromatic carbocycles. The predicted octanol–water partition coefficient (Wildman–Crippen LogP) is 3.94. The lowest BCUT2D eigenvalue weighted by Gasteiger charge is -2.11. The molecule has 2 amide bonds. The molecule has 8 heteroatoms. The first-order chi connectivity index (χ1) is 13.5. The molecule has 0 radical (unpaired) electrons. The number of ether oxygens (including phenoxy) is 1. The van der Waals surface area contributed by atoms with Gasteiger partial charge in [0.2, 0.25) is 0 Å². The van der Waals surface area contributed by atoms with Crippen molar-refractivity contribution in [3.05, 3.63) is 63.5 Å². The summed E-state index contributed by atoms with van der Waals surface area (Å²) < 4.78 is 6.22. The number of nitrogens with two attached hydrogens (primary N) is 1. The van der Waals surface area contributed by atoms with E-state index < -0.39 is 5.91 Å². The van der Waals surface area contributed by atoms with E-state index in [2.05, 4.69) is 20.9 Å². The summed E-state index contributed by atoms with van der Waals surface area (Å²) in [7, 11) is 0. The summed E-state index contributed by atoms with van der Waals surface area (Å²) >= 11 is 4.75. The predicted molar refractivity (Wildman–Crippen MR) is 115 cm³/mol. The zero-order valence-corrected chi connectivity index (χ0v) is 17.5. The van der Waals surface area contributed by atoms with Gasteiger partial charge in [-0.25, -0.2) is 4.99 Å². The van der Waals surface area contributed by atoms with Crippen molar-refractivity contribution in [2.24, 2.45) is 10.7 Å². The summed E-state index contributed by atoms with van der Waals surface area (Å²) in [5.74, 6) is -0.0622. The van der Waals surface area contributed by atoms with Crippen molar-refractivity contribution >= 4 is 56.4 Å². The molecule has 1 aliphatic heterocycles. The number of likely N-dealkylation sites (N-methyl/N-ethyl adjacent to an activating group) is 1. The number of amides is 2. The van der Waals surface area contributed by atoms with Crippen molar-refractivity contribution in [3.8, 4) is 5.75 Å². The number of thioether (sulfide) groups is 1. The van der Waals surface area contributed by atoms with Gasteiger partial charge in [0.1, 0.15) is 5.75 Å². The minimum atomic E-state index is -0.531. The number of benzene rings is 2. The van der Waals surface area contributed by atoms with Crippen LogP contribution in [0, 0.1) is 0 Å². The Hall–Kier alpha value is -2.58. The fourth-order valence-corrected chi connectivity index (χ4v) is 3.79. The molecule has 0 aliphatic carbocycles. The van der Waals surface area contributed by atoms with Crippen molar-refractivity contribution in [1.29, 1.82) is 0 Å². The SMILES string of the molecule is CCN1C(=O)/C(=C/c2ccc(OCC(N)=O)cc2)SC1=Nc1ccc(Br)cc1. The van der Waals surface area contributed by atoms with Gasteiger partial charge in [0.25, 0.3) is 11.8 Å². The van der Waals surface area contributed by atoms with Crippen molar-refractivity contribution in [2.45, 2.75) is 6.92 Å². The Morgan fingerprint density at radius 3 is 2.50 bits per heavy atom. The van der Waals surface area contributed by atoms with E-state index in [4.69, 9.17) is 10.5 Å². The van der Waals surface area contributed by atoms with Crippen molar-refractivity contribution < 1.29 is 14.3 Å². The molecule has 1 saturated heterocycles. The molecular weight excluding hydrogens is 442 g/mol. The number of carbonyl (C=O) groups is 2. The summed E-state index contributed by atoms with van der Waals surface area (Å²) in [5.41, 5.74) is 6.70. The third-order valence-corrected chi connectivity index (χ3v) is 5.35. The minimum absolute atomic E-state index is 0.0718. The molecule has 2 aromatic rings. The van der Waals surface area contributed by atoms with Crippen LogP contribution in [0.4, 0.5) is 5.69 Å². The molecule has 0 spiro atoms. The fourth-order valence-electron chi connectivity index (χ4n) is 2.46. The number of nitrogens with zero attached hydrogens (tertiary/aromatic N) is 2. The second-order valence-corrected chi connectivity index (χ2v) is 7.78. The van der Waals surface area contributed by atoms with E-state index in [0.29, 0.717) is 22.4 Å². The largest absolute Gasteiger partial charge is 0.484 e. The second kappa shape index (κ2) is 9.07. The van der Waals surface area contributed by atoms with Crippen LogP contribution in [-0.4, -0.2) is 35.0 Å². The van der Waals surface area contributed by atoms with E-state index in [1.807, 2.05) is 49.4 Å². The lowest BCUT2D eigenvalue weighted by molar-refractivity contribution is -0.122. The number of primary amides is 1. The molecular formula is C20H18BrN3O3S. The highest BCUT2D eigenvalue weighted by molar-refractivity contribution is 9.10. The lowest BCUT2D eigenvalue weighted by atomic mass is 10.2. The third-order valence-electron chi connectivity index (χ3n) is 3.81. The second-order valence-electron chi connectivity index (χ2n) is 5.85. The number of amidine groups is 1. The molecule has 0 unspecified atom stereocenters. The van der Waals surface area contributed by atoms with Crippen LogP contribution in [0.3, 0.4) is 0 Å². The van der Waals surface area contributed by atoms with E-state index in [9.17, 15) is 9.59 Å². The topological polar surface area (TPSA) is 85.0 Å². The summed E-state index contributed by atoms with van der Waals surface area (Å²) in [6, 6.07) is 14.7. The Morgan fingerprint density at radius 2 is 1.89 bits per heavy atom. The molecule has 1 aliphatic rings. The molecule has 2 N–H and O–H groups in total. The van der Waals surface area contributed by atoms with E-state index in [1.165, 1.54) is 11.8 Å². The number of aliphatic imine (C=N–C) groups is 1. The van der Waals surface area contributed by atoms with Gasteiger partial charge in [-0.05, 0) is 66.7 Å². The molecule has 0 bridgehead atoms. The smallest absolute Gasteiger partial charge is 0.266 e. The van der Waals surface area contributed by atoms with E-state index >= 15 is 0 Å². The molecule has 0 atom stereocenters. The van der Waals surface area contributed by atoms with Gasteiger partial charge in [0, 0.05) is 11.0 Å². The summed E-state index contributed by atoms with van der Waals surface area (Å²) in [5, 5.41) is 0.655. The van der Waals surface area contributed by atoms with Crippen LogP contribution >= 0.6 is 27.7 Å². The first-order valence-electron chi connectivity index (χ1n) is 8.53. The van der Waals surface area contributed by atoms with Crippen LogP contribution in [0.15, 0.2) is 62.9 Å². The molecule has 3 rings (SSSR count). The highest BCUT2D eigenvalue weighted by Gasteiger charge is 2.32. The first kappa shape index (κ1) is 20.2. The monoisotopic (exact) mass is 459 g/mol. The zero-order valence-electron chi connectivity index (χ0n) is 15.1. The van der Waals surface area contributed by atoms with Gasteiger partial charge in [-0.3, -0.25) is 14.5 Å². The highest BCUT2D eigenvalue weighted by Crippen LogP contribution is 2.34. The van der Waals surface area contributed by atoms with Crippen LogP contribution in [0.25, 0.3) is 6.08 Å². The number of hydrogen-bond donors (Lipinski definition) is 1. The molecule has 1 heterocycles. The Bertz CT molecular complexity index is 940. The van der Waals surface area contributed by atoms with Crippen LogP contribution in [0.5, 0.6) is 5.75 Å². The zero-order chi connectivity index (χ0) is 20.1. The number of hydrogen-bond acceptors (Lipinski definition) is 5. The quantitative estimate of drug-likeness (QED) is 0.662. The fraction of sp³-hybridized carbons (Fsp3) is 0.150. The summed E-state index contributed by atoms with van der Waals surface area (Å²) in [6.45, 7) is 2.29. The van der Waals surface area contributed by atoms with E-state index in [1.54, 1.807) is 17.0 Å². The summed E-state index contributed by atoms with van der Waals surface area (Å²) in [4.78, 5) is 30.3. The van der Waals surface area contributed by atoms with Crippen LogP contribution < -0.4 is 10.5 Å². The van der Waals surface area contributed by atoms with Crippen molar-refractivity contribution in [2.75, 3.05) is 13.2 Å². The van der Waals surface area contributed by atoms with Crippen LogP contribution in [-0.2, 0) is 9.59 Å². The van der Waals surface area contributed by atoms with Gasteiger partial charge in [-0.15, -0.1) is 0 Å². The number of carbonyl (C=O) groups excluding carboxylic acids is 2. The van der Waals surface area contributed by atoms with Gasteiger partial charge >= 0.3 is 0 Å². The molecule has 144 valence electrons. The lowest BCUT2D eigenvalue weighted by Crippen LogP contribution is -2.28. The van der Waals surface area contributed by atoms with Gasteiger partial charge < -0.3 is 10.5 Å². The van der Waals surface area contributed by atoms with Crippen molar-refractivity contribution in [3.63, 3.8) is 0 Å². The molecule has 1 fully saturated rings. The van der Waals surface area contributed by atoms with Gasteiger partial charge in [0.15, 0.2) is 11.8 Å².